The van der Waals surface area contributed by atoms with Crippen molar-refractivity contribution >= 4 is 0 Å². The lowest BCUT2D eigenvalue weighted by atomic mass is 10.2. The van der Waals surface area contributed by atoms with E-state index in [1.54, 1.807) is 0 Å². The van der Waals surface area contributed by atoms with Gasteiger partial charge in [-0.1, -0.05) is 0 Å². The summed E-state index contributed by atoms with van der Waals surface area (Å²) in [6.07, 6.45) is -38.2. The molecule has 21 heteroatoms. The number of halogens is 18. The molecule has 0 amide bonds. The molecule has 0 aliphatic carbocycles. The van der Waals surface area contributed by atoms with Crippen LogP contribution in [0.4, 0.5) is 79.0 Å². The molecule has 0 aliphatic rings. The minimum atomic E-state index is -7.99. The highest BCUT2D eigenvalue weighted by Crippen LogP contribution is 2.56. The molecule has 2 unspecified atom stereocenters. The molecule has 0 rings (SSSR count). The molecule has 0 fully saturated rings. The quantitative estimate of drug-likeness (QED) is 0.260. The van der Waals surface area contributed by atoms with Crippen LogP contribution in [-0.2, 0) is 14.2 Å². The van der Waals surface area contributed by atoms with Gasteiger partial charge in [0.05, 0.1) is 0 Å². The molecule has 0 saturated heterocycles. The fourth-order valence-electron chi connectivity index (χ4n) is 1.30. The van der Waals surface area contributed by atoms with E-state index in [9.17, 15) is 79.0 Å². The fraction of sp³-hybridized carbons (Fsp3) is 0.818. The van der Waals surface area contributed by atoms with Crippen LogP contribution in [0.5, 0.6) is 0 Å². The van der Waals surface area contributed by atoms with Gasteiger partial charge < -0.3 is 4.74 Å². The van der Waals surface area contributed by atoms with Crippen LogP contribution in [0, 0.1) is 0 Å². The fourth-order valence-corrected chi connectivity index (χ4v) is 1.30. The Bertz CT molecular complexity index is 677. The van der Waals surface area contributed by atoms with Crippen molar-refractivity contribution in [3.63, 3.8) is 0 Å². The van der Waals surface area contributed by atoms with Crippen LogP contribution in [0.2, 0.25) is 0 Å². The molecule has 3 nitrogen and oxygen atoms in total. The Balaban J connectivity index is 6.56. The molecule has 0 aliphatic heterocycles. The largest absolute Gasteiger partial charge is 0.465 e. The van der Waals surface area contributed by atoms with Gasteiger partial charge >= 0.3 is 48.4 Å². The van der Waals surface area contributed by atoms with Gasteiger partial charge in [-0.3, -0.25) is 9.47 Å². The van der Waals surface area contributed by atoms with Crippen molar-refractivity contribution < 1.29 is 93.2 Å². The molecule has 0 heterocycles. The Labute approximate surface area is 162 Å². The molecule has 0 spiro atoms. The Morgan fingerprint density at radius 2 is 0.969 bits per heavy atom. The summed E-state index contributed by atoms with van der Waals surface area (Å²) in [5, 5.41) is 0. The van der Waals surface area contributed by atoms with Crippen molar-refractivity contribution in [2.24, 2.45) is 0 Å². The van der Waals surface area contributed by atoms with E-state index in [1.165, 1.54) is 4.74 Å². The van der Waals surface area contributed by atoms with Gasteiger partial charge in [0.2, 0.25) is 0 Å². The smallest absolute Gasteiger partial charge is 0.462 e. The monoisotopic (exact) mass is 526 g/mol. The van der Waals surface area contributed by atoms with Crippen molar-refractivity contribution in [2.75, 3.05) is 6.61 Å². The van der Waals surface area contributed by atoms with Crippen LogP contribution >= 0.6 is 0 Å². The summed E-state index contributed by atoms with van der Waals surface area (Å²) < 4.78 is 235. The number of rotatable bonds is 9. The summed E-state index contributed by atoms with van der Waals surface area (Å²) in [5.41, 5.74) is 0. The average Bonchev–Trinajstić information content (AvgIpc) is 2.48. The molecule has 0 saturated carbocycles. The molecule has 192 valence electrons. The summed E-state index contributed by atoms with van der Waals surface area (Å²) in [4.78, 5) is 0. The summed E-state index contributed by atoms with van der Waals surface area (Å²) >= 11 is 0. The molecule has 32 heavy (non-hydrogen) atoms. The standard InChI is InChI=1S/C11H4F18O3/c1-3(12)30-2-4(13,7(17,18)19)31-11(28,29)6(16,9(23,24)25)32-10(26,27)5(14,15)8(20,21)22/h1-2H2. The molecular formula is C11H4F18O3. The van der Waals surface area contributed by atoms with Gasteiger partial charge in [-0.25, -0.2) is 0 Å². The van der Waals surface area contributed by atoms with Gasteiger partial charge in [-0.15, -0.1) is 0 Å². The molecule has 0 radical (unpaired) electrons. The lowest BCUT2D eigenvalue weighted by Gasteiger charge is -2.40. The zero-order chi connectivity index (χ0) is 26.4. The first kappa shape index (κ1) is 30.2. The third-order valence-electron chi connectivity index (χ3n) is 2.86. The van der Waals surface area contributed by atoms with E-state index >= 15 is 0 Å². The van der Waals surface area contributed by atoms with Gasteiger partial charge in [0.25, 0.3) is 6.01 Å². The van der Waals surface area contributed by atoms with Crippen LogP contribution in [0.15, 0.2) is 12.6 Å². The van der Waals surface area contributed by atoms with E-state index < -0.39 is 61.0 Å². The Kier molecular flexibility index (Phi) is 7.74. The average molecular weight is 526 g/mol. The lowest BCUT2D eigenvalue weighted by Crippen LogP contribution is -2.67. The minimum absolute atomic E-state index is 1.29. The Morgan fingerprint density at radius 1 is 0.562 bits per heavy atom. The van der Waals surface area contributed by atoms with Crippen LogP contribution in [-0.4, -0.2) is 55.0 Å². The third kappa shape index (κ3) is 5.57. The second kappa shape index (κ2) is 8.20. The van der Waals surface area contributed by atoms with Crippen molar-refractivity contribution in [2.45, 2.75) is 48.4 Å². The molecule has 0 aromatic heterocycles. The number of hydrogen-bond acceptors (Lipinski definition) is 3. The van der Waals surface area contributed by atoms with E-state index in [4.69, 9.17) is 0 Å². The van der Waals surface area contributed by atoms with E-state index in [0.29, 0.717) is 0 Å². The maximum Gasteiger partial charge on any atom is 0.462 e. The van der Waals surface area contributed by atoms with Gasteiger partial charge in [0, 0.05) is 0 Å². The highest BCUT2D eigenvalue weighted by molar-refractivity contribution is 4.95. The summed E-state index contributed by atoms with van der Waals surface area (Å²) in [7, 11) is 0. The van der Waals surface area contributed by atoms with E-state index in [0.717, 1.165) is 0 Å². The van der Waals surface area contributed by atoms with Gasteiger partial charge in [0.1, 0.15) is 0 Å². The zero-order valence-corrected chi connectivity index (χ0v) is 13.9. The van der Waals surface area contributed by atoms with Crippen molar-refractivity contribution in [1.82, 2.24) is 0 Å². The zero-order valence-electron chi connectivity index (χ0n) is 13.9. The highest BCUT2D eigenvalue weighted by Gasteiger charge is 2.85. The van der Waals surface area contributed by atoms with Crippen LogP contribution in [0.3, 0.4) is 0 Å². The van der Waals surface area contributed by atoms with E-state index in [2.05, 4.69) is 4.74 Å². The van der Waals surface area contributed by atoms with Crippen molar-refractivity contribution in [3.05, 3.63) is 12.6 Å². The Morgan fingerprint density at radius 3 is 1.25 bits per heavy atom. The molecule has 2 atom stereocenters. The van der Waals surface area contributed by atoms with Crippen LogP contribution < -0.4 is 0 Å². The van der Waals surface area contributed by atoms with Gasteiger partial charge in [0.15, 0.2) is 6.61 Å². The summed E-state index contributed by atoms with van der Waals surface area (Å²) in [5.74, 6) is -22.3. The molecular weight excluding hydrogens is 522 g/mol. The summed E-state index contributed by atoms with van der Waals surface area (Å²) in [6, 6.07) is -2.45. The second-order valence-electron chi connectivity index (χ2n) is 5.27. The third-order valence-corrected chi connectivity index (χ3v) is 2.86. The Hall–Kier alpha value is -1.80. The number of hydrogen-bond donors (Lipinski definition) is 0. The van der Waals surface area contributed by atoms with Crippen molar-refractivity contribution in [3.8, 4) is 0 Å². The van der Waals surface area contributed by atoms with E-state index in [-0.39, 0.29) is 0 Å². The van der Waals surface area contributed by atoms with Gasteiger partial charge in [-0.05, 0) is 6.58 Å². The molecule has 0 aromatic carbocycles. The topological polar surface area (TPSA) is 27.7 Å². The first-order chi connectivity index (χ1) is 13.6. The summed E-state index contributed by atoms with van der Waals surface area (Å²) in [6.45, 7) is -1.27. The first-order valence-electron chi connectivity index (χ1n) is 6.67. The van der Waals surface area contributed by atoms with Crippen LogP contribution in [0.25, 0.3) is 0 Å². The SMILES string of the molecule is C=C(F)OCC(F)(OC(F)(F)C(F)(OC(F)(F)C(F)(F)C(F)(F)F)C(F)(F)F)C(F)(F)F. The van der Waals surface area contributed by atoms with Crippen LogP contribution in [0.1, 0.15) is 0 Å². The predicted octanol–water partition coefficient (Wildman–Crippen LogP) is 6.32. The van der Waals surface area contributed by atoms with Crippen molar-refractivity contribution in [1.29, 1.82) is 0 Å². The molecule has 0 bridgehead atoms. The maximum atomic E-state index is 13.7. The molecule has 0 N–H and O–H groups in total. The number of alkyl halides is 17. The lowest BCUT2D eigenvalue weighted by molar-refractivity contribution is -0.553. The predicted molar refractivity (Wildman–Crippen MR) is 59.1 cm³/mol. The first-order valence-corrected chi connectivity index (χ1v) is 6.67. The number of ether oxygens (including phenoxy) is 3. The normalized spacial score (nSPS) is 18.7. The minimum Gasteiger partial charge on any atom is -0.465 e. The maximum absolute atomic E-state index is 13.7. The van der Waals surface area contributed by atoms with E-state index in [1.807, 2.05) is 11.3 Å². The van der Waals surface area contributed by atoms with Gasteiger partial charge in [-0.2, -0.15) is 79.0 Å². The molecule has 0 aromatic rings. The highest BCUT2D eigenvalue weighted by atomic mass is 19.4. The second-order valence-corrected chi connectivity index (χ2v) is 5.27.